The Morgan fingerprint density at radius 3 is 2.15 bits per heavy atom. The van der Waals surface area contributed by atoms with Gasteiger partial charge < -0.3 is 20.5 Å². The number of carbonyl (C=O) groups excluding carboxylic acids is 3. The van der Waals surface area contributed by atoms with Crippen LogP contribution in [-0.2, 0) is 23.9 Å². The van der Waals surface area contributed by atoms with E-state index in [1.54, 1.807) is 6.92 Å². The van der Waals surface area contributed by atoms with Gasteiger partial charge in [0.2, 0.25) is 11.8 Å². The molecule has 2 amide bonds. The molecule has 8 heteroatoms. The third-order valence-electron chi connectivity index (χ3n) is 3.57. The van der Waals surface area contributed by atoms with E-state index in [4.69, 9.17) is 5.11 Å². The normalized spacial score (nSPS) is 12.5. The van der Waals surface area contributed by atoms with Crippen molar-refractivity contribution in [3.8, 4) is 0 Å². The van der Waals surface area contributed by atoms with Crippen molar-refractivity contribution < 1.29 is 29.0 Å². The van der Waals surface area contributed by atoms with Crippen LogP contribution in [0.15, 0.2) is 30.3 Å². The van der Waals surface area contributed by atoms with Crippen molar-refractivity contribution in [2.75, 3.05) is 6.61 Å². The fraction of sp³-hybridized carbons (Fsp3) is 0.444. The van der Waals surface area contributed by atoms with Crippen LogP contribution in [-0.4, -0.2) is 41.5 Å². The lowest BCUT2D eigenvalue weighted by molar-refractivity contribution is -0.150. The first-order chi connectivity index (χ1) is 12.3. The van der Waals surface area contributed by atoms with Gasteiger partial charge in [-0.3, -0.25) is 14.4 Å². The van der Waals surface area contributed by atoms with Crippen LogP contribution < -0.4 is 10.6 Å². The van der Waals surface area contributed by atoms with Gasteiger partial charge in [0, 0.05) is 12.8 Å². The number of nitrogens with one attached hydrogen (secondary N) is 2. The highest BCUT2D eigenvalue weighted by molar-refractivity contribution is 5.89. The molecule has 0 saturated carbocycles. The Balaban J connectivity index is 2.42. The maximum atomic E-state index is 11.9. The third kappa shape index (κ3) is 7.78. The quantitative estimate of drug-likeness (QED) is 0.536. The molecule has 8 nitrogen and oxygen atoms in total. The van der Waals surface area contributed by atoms with Gasteiger partial charge >= 0.3 is 11.9 Å². The van der Waals surface area contributed by atoms with E-state index >= 15 is 0 Å². The second kappa shape index (κ2) is 10.9. The monoisotopic (exact) mass is 364 g/mol. The molecule has 0 radical (unpaired) electrons. The molecule has 1 aromatic carbocycles. The van der Waals surface area contributed by atoms with E-state index < -0.39 is 30.3 Å². The predicted molar refractivity (Wildman–Crippen MR) is 93.1 cm³/mol. The van der Waals surface area contributed by atoms with Crippen molar-refractivity contribution in [1.82, 2.24) is 10.6 Å². The van der Waals surface area contributed by atoms with Gasteiger partial charge in [0.1, 0.15) is 6.04 Å². The standard InChI is InChI=1S/C18H24N2O6/c1-3-26-17(23)11-14(18(24)25)20-16(22)10-9-15(21)19-12(2)13-7-5-4-6-8-13/h4-8,12,14H,3,9-11H2,1-2H3,(H,19,21)(H,20,22)(H,24,25)/t12-,14+/m1/s1. The van der Waals surface area contributed by atoms with Crippen molar-refractivity contribution in [3.05, 3.63) is 35.9 Å². The van der Waals surface area contributed by atoms with Crippen LogP contribution >= 0.6 is 0 Å². The smallest absolute Gasteiger partial charge is 0.326 e. The van der Waals surface area contributed by atoms with Gasteiger partial charge in [-0.2, -0.15) is 0 Å². The summed E-state index contributed by atoms with van der Waals surface area (Å²) in [6.07, 6.45) is -0.735. The Labute approximate surface area is 151 Å². The molecule has 2 atom stereocenters. The lowest BCUT2D eigenvalue weighted by atomic mass is 10.1. The Kier molecular flexibility index (Phi) is 8.83. The van der Waals surface area contributed by atoms with Gasteiger partial charge in [0.05, 0.1) is 19.1 Å². The van der Waals surface area contributed by atoms with Gasteiger partial charge in [0.25, 0.3) is 0 Å². The molecule has 142 valence electrons. The number of esters is 1. The van der Waals surface area contributed by atoms with E-state index in [0.29, 0.717) is 0 Å². The molecule has 0 aromatic heterocycles. The summed E-state index contributed by atoms with van der Waals surface area (Å²) in [5.41, 5.74) is 0.936. The first-order valence-corrected chi connectivity index (χ1v) is 8.35. The van der Waals surface area contributed by atoms with Gasteiger partial charge in [0.15, 0.2) is 0 Å². The molecule has 0 aliphatic rings. The summed E-state index contributed by atoms with van der Waals surface area (Å²) in [5.74, 6) is -3.00. The number of carbonyl (C=O) groups is 4. The van der Waals surface area contributed by atoms with Crippen molar-refractivity contribution in [1.29, 1.82) is 0 Å². The fourth-order valence-electron chi connectivity index (χ4n) is 2.22. The number of carboxylic acids is 1. The zero-order chi connectivity index (χ0) is 19.5. The number of amides is 2. The van der Waals surface area contributed by atoms with Crippen LogP contribution in [0.2, 0.25) is 0 Å². The minimum absolute atomic E-state index is 0.0885. The van der Waals surface area contributed by atoms with Gasteiger partial charge in [-0.1, -0.05) is 30.3 Å². The molecule has 0 spiro atoms. The average molecular weight is 364 g/mol. The first-order valence-electron chi connectivity index (χ1n) is 8.35. The van der Waals surface area contributed by atoms with Crippen LogP contribution in [0.1, 0.15) is 44.7 Å². The number of carboxylic acid groups (broad SMARTS) is 1. The van der Waals surface area contributed by atoms with Gasteiger partial charge in [-0.15, -0.1) is 0 Å². The lowest BCUT2D eigenvalue weighted by Gasteiger charge is -2.15. The van der Waals surface area contributed by atoms with E-state index in [9.17, 15) is 19.2 Å². The van der Waals surface area contributed by atoms with Gasteiger partial charge in [-0.25, -0.2) is 4.79 Å². The van der Waals surface area contributed by atoms with Crippen molar-refractivity contribution in [3.63, 3.8) is 0 Å². The number of rotatable bonds is 10. The average Bonchev–Trinajstić information content (AvgIpc) is 2.60. The lowest BCUT2D eigenvalue weighted by Crippen LogP contribution is -2.42. The molecule has 0 aliphatic heterocycles. The molecule has 1 rings (SSSR count). The minimum atomic E-state index is -1.38. The number of benzene rings is 1. The molecule has 26 heavy (non-hydrogen) atoms. The van der Waals surface area contributed by atoms with Crippen molar-refractivity contribution in [2.24, 2.45) is 0 Å². The highest BCUT2D eigenvalue weighted by Crippen LogP contribution is 2.11. The molecule has 0 aliphatic carbocycles. The molecule has 1 aromatic rings. The number of aliphatic carboxylic acids is 1. The number of ether oxygens (including phenoxy) is 1. The third-order valence-corrected chi connectivity index (χ3v) is 3.57. The molecule has 0 fully saturated rings. The summed E-state index contributed by atoms with van der Waals surface area (Å²) in [6.45, 7) is 3.55. The number of hydrogen-bond donors (Lipinski definition) is 3. The molecule has 3 N–H and O–H groups in total. The molecule has 0 bridgehead atoms. The Bertz CT molecular complexity index is 632. The van der Waals surface area contributed by atoms with E-state index in [1.165, 1.54) is 0 Å². The summed E-state index contributed by atoms with van der Waals surface area (Å²) < 4.78 is 4.67. The molecule has 0 unspecified atom stereocenters. The van der Waals surface area contributed by atoms with Crippen LogP contribution in [0.4, 0.5) is 0 Å². The van der Waals surface area contributed by atoms with E-state index in [0.717, 1.165) is 5.56 Å². The molecular weight excluding hydrogens is 340 g/mol. The van der Waals surface area contributed by atoms with E-state index in [1.807, 2.05) is 37.3 Å². The molecular formula is C18H24N2O6. The van der Waals surface area contributed by atoms with E-state index in [-0.39, 0.29) is 31.4 Å². The van der Waals surface area contributed by atoms with Crippen molar-refractivity contribution >= 4 is 23.8 Å². The highest BCUT2D eigenvalue weighted by Gasteiger charge is 2.24. The maximum Gasteiger partial charge on any atom is 0.326 e. The van der Waals surface area contributed by atoms with Gasteiger partial charge in [-0.05, 0) is 19.4 Å². The second-order valence-electron chi connectivity index (χ2n) is 5.67. The Hall–Kier alpha value is -2.90. The topological polar surface area (TPSA) is 122 Å². The first kappa shape index (κ1) is 21.1. The summed E-state index contributed by atoms with van der Waals surface area (Å²) in [6, 6.07) is 7.77. The fourth-order valence-corrected chi connectivity index (χ4v) is 2.22. The summed E-state index contributed by atoms with van der Waals surface area (Å²) in [5, 5.41) is 14.1. The number of hydrogen-bond acceptors (Lipinski definition) is 5. The van der Waals surface area contributed by atoms with Crippen LogP contribution in [0.3, 0.4) is 0 Å². The second-order valence-corrected chi connectivity index (χ2v) is 5.67. The van der Waals surface area contributed by atoms with Crippen LogP contribution in [0, 0.1) is 0 Å². The zero-order valence-electron chi connectivity index (χ0n) is 14.9. The molecule has 0 saturated heterocycles. The highest BCUT2D eigenvalue weighted by atomic mass is 16.5. The SMILES string of the molecule is CCOC(=O)C[C@H](NC(=O)CCC(=O)N[C@H](C)c1ccccc1)C(=O)O. The minimum Gasteiger partial charge on any atom is -0.480 e. The molecule has 0 heterocycles. The summed E-state index contributed by atoms with van der Waals surface area (Å²) in [7, 11) is 0. The van der Waals surface area contributed by atoms with Crippen LogP contribution in [0.5, 0.6) is 0 Å². The summed E-state index contributed by atoms with van der Waals surface area (Å²) >= 11 is 0. The predicted octanol–water partition coefficient (Wildman–Crippen LogP) is 1.17. The van der Waals surface area contributed by atoms with Crippen molar-refractivity contribution in [2.45, 2.75) is 45.2 Å². The Morgan fingerprint density at radius 1 is 1.04 bits per heavy atom. The zero-order valence-corrected chi connectivity index (χ0v) is 14.9. The van der Waals surface area contributed by atoms with E-state index in [2.05, 4.69) is 15.4 Å². The largest absolute Gasteiger partial charge is 0.480 e. The maximum absolute atomic E-state index is 11.9. The summed E-state index contributed by atoms with van der Waals surface area (Å²) in [4.78, 5) is 46.3. The Morgan fingerprint density at radius 2 is 1.62 bits per heavy atom. The van der Waals surface area contributed by atoms with Crippen LogP contribution in [0.25, 0.3) is 0 Å².